The van der Waals surface area contributed by atoms with Gasteiger partial charge in [-0.25, -0.2) is 0 Å². The molecule has 138 valence electrons. The smallest absolute Gasteiger partial charge is 0.140 e. The van der Waals surface area contributed by atoms with Crippen LogP contribution in [0, 0.1) is 5.41 Å². The van der Waals surface area contributed by atoms with Gasteiger partial charge in [-0.3, -0.25) is 9.69 Å². The molecule has 26 heavy (non-hydrogen) atoms. The van der Waals surface area contributed by atoms with Gasteiger partial charge in [0.15, 0.2) is 0 Å². The monoisotopic (exact) mass is 351 g/mol. The molecule has 0 aromatic heterocycles. The molecule has 1 unspecified atom stereocenters. The van der Waals surface area contributed by atoms with Crippen molar-refractivity contribution in [3.63, 3.8) is 0 Å². The summed E-state index contributed by atoms with van der Waals surface area (Å²) in [5, 5.41) is 0. The Morgan fingerprint density at radius 3 is 2.65 bits per heavy atom. The highest BCUT2D eigenvalue weighted by Crippen LogP contribution is 2.33. The number of Topliss-reactive ketones (excluding diaryl/α,β-unsaturated/α-hetero) is 1. The maximum absolute atomic E-state index is 12.5. The summed E-state index contributed by atoms with van der Waals surface area (Å²) in [7, 11) is 0. The molecule has 0 aliphatic carbocycles. The largest absolute Gasteiger partial charge is 0.457 e. The SMILES string of the molecule is CCCCC(=O)C1(C)CCN(Cc2cccc(Oc3ccccc3)c2)C1. The lowest BCUT2D eigenvalue weighted by atomic mass is 9.82. The van der Waals surface area contributed by atoms with Crippen LogP contribution in [0.5, 0.6) is 11.5 Å². The molecule has 1 aliphatic rings. The zero-order chi connectivity index (χ0) is 18.4. The topological polar surface area (TPSA) is 29.5 Å². The Morgan fingerprint density at radius 2 is 1.88 bits per heavy atom. The fourth-order valence-corrected chi connectivity index (χ4v) is 3.65. The Bertz CT molecular complexity index is 728. The van der Waals surface area contributed by atoms with Crippen LogP contribution in [-0.4, -0.2) is 23.8 Å². The summed E-state index contributed by atoms with van der Waals surface area (Å²) in [6, 6.07) is 18.1. The third kappa shape index (κ3) is 4.73. The molecule has 1 fully saturated rings. The lowest BCUT2D eigenvalue weighted by molar-refractivity contribution is -0.127. The van der Waals surface area contributed by atoms with Gasteiger partial charge in [-0.15, -0.1) is 0 Å². The van der Waals surface area contributed by atoms with E-state index in [-0.39, 0.29) is 5.41 Å². The molecule has 2 aromatic rings. The van der Waals surface area contributed by atoms with Gasteiger partial charge in [0.1, 0.15) is 17.3 Å². The molecule has 3 heteroatoms. The summed E-state index contributed by atoms with van der Waals surface area (Å²) in [4.78, 5) is 14.9. The molecule has 1 saturated heterocycles. The molecule has 1 heterocycles. The average Bonchev–Trinajstić information content (AvgIpc) is 3.03. The van der Waals surface area contributed by atoms with Gasteiger partial charge < -0.3 is 4.74 Å². The second-order valence-electron chi connectivity index (χ2n) is 7.61. The van der Waals surface area contributed by atoms with Crippen molar-refractivity contribution in [2.24, 2.45) is 5.41 Å². The number of para-hydroxylation sites is 1. The van der Waals surface area contributed by atoms with Crippen LogP contribution in [0.1, 0.15) is 45.1 Å². The second-order valence-corrected chi connectivity index (χ2v) is 7.61. The van der Waals surface area contributed by atoms with Gasteiger partial charge in [-0.05, 0) is 49.2 Å². The summed E-state index contributed by atoms with van der Waals surface area (Å²) in [5.74, 6) is 2.14. The van der Waals surface area contributed by atoms with Crippen LogP contribution in [0.3, 0.4) is 0 Å². The molecule has 3 rings (SSSR count). The van der Waals surface area contributed by atoms with E-state index in [2.05, 4.69) is 30.9 Å². The molecule has 0 radical (unpaired) electrons. The highest BCUT2D eigenvalue weighted by Gasteiger charge is 2.39. The number of unbranched alkanes of at least 4 members (excludes halogenated alkanes) is 1. The number of likely N-dealkylation sites (tertiary alicyclic amines) is 1. The maximum atomic E-state index is 12.5. The second kappa shape index (κ2) is 8.50. The number of ketones is 1. The number of benzene rings is 2. The Labute approximate surface area is 157 Å². The zero-order valence-corrected chi connectivity index (χ0v) is 15.9. The van der Waals surface area contributed by atoms with Crippen molar-refractivity contribution in [1.82, 2.24) is 4.90 Å². The van der Waals surface area contributed by atoms with Crippen LogP contribution in [0.2, 0.25) is 0 Å². The first-order chi connectivity index (χ1) is 12.6. The van der Waals surface area contributed by atoms with Crippen LogP contribution in [0.25, 0.3) is 0 Å². The highest BCUT2D eigenvalue weighted by atomic mass is 16.5. The van der Waals surface area contributed by atoms with Crippen LogP contribution < -0.4 is 4.74 Å². The van der Waals surface area contributed by atoms with Crippen molar-refractivity contribution in [2.75, 3.05) is 13.1 Å². The summed E-state index contributed by atoms with van der Waals surface area (Å²) in [5.41, 5.74) is 1.05. The molecule has 0 amide bonds. The van der Waals surface area contributed by atoms with Gasteiger partial charge in [0, 0.05) is 24.9 Å². The molecular weight excluding hydrogens is 322 g/mol. The normalized spacial score (nSPS) is 20.2. The van der Waals surface area contributed by atoms with Gasteiger partial charge in [-0.1, -0.05) is 50.6 Å². The van der Waals surface area contributed by atoms with Crippen molar-refractivity contribution in [3.05, 3.63) is 60.2 Å². The molecule has 1 atom stereocenters. The van der Waals surface area contributed by atoms with E-state index in [1.54, 1.807) is 0 Å². The number of hydrogen-bond acceptors (Lipinski definition) is 3. The lowest BCUT2D eigenvalue weighted by Crippen LogP contribution is -2.31. The Kier molecular flexibility index (Phi) is 6.10. The van der Waals surface area contributed by atoms with Crippen molar-refractivity contribution in [2.45, 2.75) is 46.1 Å². The van der Waals surface area contributed by atoms with Crippen molar-refractivity contribution in [3.8, 4) is 11.5 Å². The van der Waals surface area contributed by atoms with Gasteiger partial charge in [0.05, 0.1) is 0 Å². The molecule has 3 nitrogen and oxygen atoms in total. The van der Waals surface area contributed by atoms with Crippen molar-refractivity contribution < 1.29 is 9.53 Å². The minimum Gasteiger partial charge on any atom is -0.457 e. The molecule has 0 bridgehead atoms. The predicted molar refractivity (Wildman–Crippen MR) is 105 cm³/mol. The maximum Gasteiger partial charge on any atom is 0.140 e. The minimum absolute atomic E-state index is 0.173. The standard InChI is InChI=1S/C23H29NO2/c1-3-4-13-22(25)23(2)14-15-24(18-23)17-19-9-8-12-21(16-19)26-20-10-6-5-7-11-20/h5-12,16H,3-4,13-15,17-18H2,1-2H3. The molecule has 0 N–H and O–H groups in total. The fourth-order valence-electron chi connectivity index (χ4n) is 3.65. The summed E-state index contributed by atoms with van der Waals surface area (Å²) < 4.78 is 5.93. The number of nitrogens with zero attached hydrogens (tertiary/aromatic N) is 1. The van der Waals surface area contributed by atoms with E-state index in [0.29, 0.717) is 5.78 Å². The number of rotatable bonds is 8. The molecule has 1 aliphatic heterocycles. The summed E-state index contributed by atoms with van der Waals surface area (Å²) in [6.07, 6.45) is 3.78. The average molecular weight is 351 g/mol. The van der Waals surface area contributed by atoms with Gasteiger partial charge in [0.25, 0.3) is 0 Å². The van der Waals surface area contributed by atoms with Gasteiger partial charge >= 0.3 is 0 Å². The highest BCUT2D eigenvalue weighted by molar-refractivity contribution is 5.85. The van der Waals surface area contributed by atoms with E-state index in [1.807, 2.05) is 42.5 Å². The van der Waals surface area contributed by atoms with E-state index in [9.17, 15) is 4.79 Å². The number of hydrogen-bond donors (Lipinski definition) is 0. The van der Waals surface area contributed by atoms with E-state index in [4.69, 9.17) is 4.74 Å². The van der Waals surface area contributed by atoms with Crippen molar-refractivity contribution >= 4 is 5.78 Å². The van der Waals surface area contributed by atoms with E-state index < -0.39 is 0 Å². The van der Waals surface area contributed by atoms with Crippen LogP contribution in [0.4, 0.5) is 0 Å². The third-order valence-corrected chi connectivity index (χ3v) is 5.27. The first-order valence-corrected chi connectivity index (χ1v) is 9.66. The quantitative estimate of drug-likeness (QED) is 0.633. The van der Waals surface area contributed by atoms with Gasteiger partial charge in [-0.2, -0.15) is 0 Å². The summed E-state index contributed by atoms with van der Waals surface area (Å²) in [6.45, 7) is 6.99. The fraction of sp³-hybridized carbons (Fsp3) is 0.435. The predicted octanol–water partition coefficient (Wildman–Crippen LogP) is 5.45. The van der Waals surface area contributed by atoms with Gasteiger partial charge in [0.2, 0.25) is 0 Å². The van der Waals surface area contributed by atoms with Crippen LogP contribution in [-0.2, 0) is 11.3 Å². The molecular formula is C23H29NO2. The summed E-state index contributed by atoms with van der Waals surface area (Å²) >= 11 is 0. The Morgan fingerprint density at radius 1 is 1.12 bits per heavy atom. The first-order valence-electron chi connectivity index (χ1n) is 9.66. The minimum atomic E-state index is -0.173. The van der Waals surface area contributed by atoms with Crippen LogP contribution in [0.15, 0.2) is 54.6 Å². The first kappa shape index (κ1) is 18.7. The van der Waals surface area contributed by atoms with E-state index in [1.165, 1.54) is 5.56 Å². The lowest BCUT2D eigenvalue weighted by Gasteiger charge is -2.23. The third-order valence-electron chi connectivity index (χ3n) is 5.27. The number of carbonyl (C=O) groups excluding carboxylic acids is 1. The van der Waals surface area contributed by atoms with Crippen molar-refractivity contribution in [1.29, 1.82) is 0 Å². The molecule has 0 saturated carbocycles. The zero-order valence-electron chi connectivity index (χ0n) is 15.9. The Hall–Kier alpha value is -2.13. The van der Waals surface area contributed by atoms with E-state index >= 15 is 0 Å². The van der Waals surface area contributed by atoms with E-state index in [0.717, 1.165) is 56.8 Å². The molecule has 2 aromatic carbocycles. The van der Waals surface area contributed by atoms with Crippen LogP contribution >= 0.6 is 0 Å². The Balaban J connectivity index is 1.60. The molecule has 0 spiro atoms. The number of ether oxygens (including phenoxy) is 1. The number of carbonyl (C=O) groups is 1.